The second kappa shape index (κ2) is 6.11. The van der Waals surface area contributed by atoms with Gasteiger partial charge in [-0.3, -0.25) is 0 Å². The number of rotatable bonds is 3. The Labute approximate surface area is 136 Å². The van der Waals surface area contributed by atoms with E-state index in [4.69, 9.17) is 5.73 Å². The average Bonchev–Trinajstić information content (AvgIpc) is 2.82. The molecule has 0 aliphatic heterocycles. The minimum Gasteiger partial charge on any atom is -0.382 e. The molecule has 0 saturated heterocycles. The Balaban J connectivity index is 1.99. The summed E-state index contributed by atoms with van der Waals surface area (Å²) in [5.41, 5.74) is 9.13. The van der Waals surface area contributed by atoms with Crippen LogP contribution in [0.15, 0.2) is 69.3 Å². The van der Waals surface area contributed by atoms with E-state index in [1.807, 2.05) is 61.5 Å². The average molecular weight is 356 g/mol. The predicted molar refractivity (Wildman–Crippen MR) is 91.0 cm³/mol. The number of nitrogens with zero attached hydrogens (tertiary/aromatic N) is 4. The molecule has 0 radical (unpaired) electrons. The molecule has 0 aliphatic carbocycles. The molecule has 22 heavy (non-hydrogen) atoms. The molecule has 3 rings (SSSR count). The van der Waals surface area contributed by atoms with Gasteiger partial charge < -0.3 is 5.73 Å². The zero-order chi connectivity index (χ0) is 15.5. The highest BCUT2D eigenvalue weighted by atomic mass is 79.9. The van der Waals surface area contributed by atoms with E-state index in [0.29, 0.717) is 11.5 Å². The normalized spacial score (nSPS) is 11.2. The summed E-state index contributed by atoms with van der Waals surface area (Å²) in [7, 11) is 0. The molecule has 0 unspecified atom stereocenters. The van der Waals surface area contributed by atoms with Gasteiger partial charge in [0.05, 0.1) is 17.1 Å². The van der Waals surface area contributed by atoms with Gasteiger partial charge in [-0.25, -0.2) is 4.68 Å². The highest BCUT2D eigenvalue weighted by Gasteiger charge is 2.13. The first-order valence-electron chi connectivity index (χ1n) is 6.73. The Morgan fingerprint density at radius 2 is 1.68 bits per heavy atom. The van der Waals surface area contributed by atoms with Crippen molar-refractivity contribution in [2.45, 2.75) is 6.92 Å². The number of hydrogen-bond acceptors (Lipinski definition) is 4. The second-order valence-electron chi connectivity index (χ2n) is 4.72. The van der Waals surface area contributed by atoms with E-state index in [0.717, 1.165) is 21.5 Å². The fraction of sp³-hybridized carbons (Fsp3) is 0.0625. The lowest BCUT2D eigenvalue weighted by atomic mass is 10.3. The van der Waals surface area contributed by atoms with Crippen molar-refractivity contribution in [3.05, 3.63) is 64.8 Å². The van der Waals surface area contributed by atoms with E-state index in [1.54, 1.807) is 4.68 Å². The molecule has 0 bridgehead atoms. The molecule has 2 N–H and O–H groups in total. The van der Waals surface area contributed by atoms with Gasteiger partial charge in [-0.2, -0.15) is 5.10 Å². The summed E-state index contributed by atoms with van der Waals surface area (Å²) in [6, 6.07) is 17.3. The van der Waals surface area contributed by atoms with E-state index in [9.17, 15) is 0 Å². The standard InChI is InChI=1S/C16H14BrN5/c1-11-15(20-19-14-10-6-5-9-13(14)17)16(18)22(21-11)12-7-3-2-4-8-12/h2-10H,18H2,1H3. The number of nitrogen functional groups attached to an aromatic ring is 1. The van der Waals surface area contributed by atoms with E-state index in [1.165, 1.54) is 0 Å². The molecule has 0 spiro atoms. The highest BCUT2D eigenvalue weighted by Crippen LogP contribution is 2.32. The third-order valence-electron chi connectivity index (χ3n) is 3.17. The molecule has 0 amide bonds. The van der Waals surface area contributed by atoms with Gasteiger partial charge in [0.1, 0.15) is 0 Å². The number of nitrogens with two attached hydrogens (primary N) is 1. The fourth-order valence-corrected chi connectivity index (χ4v) is 2.43. The van der Waals surface area contributed by atoms with Crippen molar-refractivity contribution in [2.24, 2.45) is 10.2 Å². The number of aromatic nitrogens is 2. The van der Waals surface area contributed by atoms with Gasteiger partial charge in [0.25, 0.3) is 0 Å². The van der Waals surface area contributed by atoms with Crippen LogP contribution in [0.1, 0.15) is 5.69 Å². The van der Waals surface area contributed by atoms with Crippen molar-refractivity contribution in [3.63, 3.8) is 0 Å². The Kier molecular flexibility index (Phi) is 4.02. The minimum atomic E-state index is 0.472. The van der Waals surface area contributed by atoms with Crippen molar-refractivity contribution in [3.8, 4) is 5.69 Å². The van der Waals surface area contributed by atoms with Gasteiger partial charge in [0.15, 0.2) is 11.5 Å². The lowest BCUT2D eigenvalue weighted by Crippen LogP contribution is -2.01. The summed E-state index contributed by atoms with van der Waals surface area (Å²) in [6.07, 6.45) is 0. The molecule has 5 nitrogen and oxygen atoms in total. The molecule has 3 aromatic rings. The summed E-state index contributed by atoms with van der Waals surface area (Å²) < 4.78 is 2.55. The topological polar surface area (TPSA) is 68.6 Å². The molecule has 0 saturated carbocycles. The zero-order valence-corrected chi connectivity index (χ0v) is 13.5. The lowest BCUT2D eigenvalue weighted by molar-refractivity contribution is 0.872. The van der Waals surface area contributed by atoms with Crippen LogP contribution in [0.2, 0.25) is 0 Å². The predicted octanol–water partition coefficient (Wildman–Crippen LogP) is 4.94. The molecule has 2 aromatic carbocycles. The molecular formula is C16H14BrN5. The van der Waals surface area contributed by atoms with Gasteiger partial charge in [-0.05, 0) is 47.1 Å². The number of benzene rings is 2. The molecule has 0 aliphatic rings. The van der Waals surface area contributed by atoms with Crippen LogP contribution in [0.3, 0.4) is 0 Å². The van der Waals surface area contributed by atoms with Crippen LogP contribution in [-0.4, -0.2) is 9.78 Å². The summed E-state index contributed by atoms with van der Waals surface area (Å²) >= 11 is 3.44. The molecule has 0 atom stereocenters. The third kappa shape index (κ3) is 2.78. The smallest absolute Gasteiger partial charge is 0.155 e. The van der Waals surface area contributed by atoms with Crippen LogP contribution in [0.5, 0.6) is 0 Å². The van der Waals surface area contributed by atoms with Gasteiger partial charge >= 0.3 is 0 Å². The van der Waals surface area contributed by atoms with Crippen molar-refractivity contribution < 1.29 is 0 Å². The van der Waals surface area contributed by atoms with Crippen molar-refractivity contribution in [1.29, 1.82) is 0 Å². The van der Waals surface area contributed by atoms with Crippen molar-refractivity contribution in [1.82, 2.24) is 9.78 Å². The van der Waals surface area contributed by atoms with E-state index >= 15 is 0 Å². The first-order valence-corrected chi connectivity index (χ1v) is 7.53. The largest absolute Gasteiger partial charge is 0.382 e. The van der Waals surface area contributed by atoms with Crippen LogP contribution >= 0.6 is 15.9 Å². The maximum atomic E-state index is 6.17. The number of halogens is 1. The Bertz CT molecular complexity index is 824. The van der Waals surface area contributed by atoms with Crippen LogP contribution in [0.25, 0.3) is 5.69 Å². The second-order valence-corrected chi connectivity index (χ2v) is 5.57. The van der Waals surface area contributed by atoms with Crippen LogP contribution in [-0.2, 0) is 0 Å². The summed E-state index contributed by atoms with van der Waals surface area (Å²) in [5, 5.41) is 13.0. The highest BCUT2D eigenvalue weighted by molar-refractivity contribution is 9.10. The van der Waals surface area contributed by atoms with E-state index in [-0.39, 0.29) is 0 Å². The minimum absolute atomic E-state index is 0.472. The van der Waals surface area contributed by atoms with Crippen molar-refractivity contribution in [2.75, 3.05) is 5.73 Å². The monoisotopic (exact) mass is 355 g/mol. The van der Waals surface area contributed by atoms with Crippen LogP contribution in [0.4, 0.5) is 17.2 Å². The van der Waals surface area contributed by atoms with Gasteiger partial charge in [0.2, 0.25) is 0 Å². The number of hydrogen-bond donors (Lipinski definition) is 1. The first kappa shape index (κ1) is 14.5. The fourth-order valence-electron chi connectivity index (χ4n) is 2.06. The van der Waals surface area contributed by atoms with Gasteiger partial charge in [0, 0.05) is 4.47 Å². The quantitative estimate of drug-likeness (QED) is 0.675. The molecule has 110 valence electrons. The molecule has 6 heteroatoms. The van der Waals surface area contributed by atoms with Crippen LogP contribution in [0, 0.1) is 6.92 Å². The van der Waals surface area contributed by atoms with Crippen LogP contribution < -0.4 is 5.73 Å². The molecule has 0 fully saturated rings. The van der Waals surface area contributed by atoms with E-state index < -0.39 is 0 Å². The Morgan fingerprint density at radius 3 is 2.41 bits per heavy atom. The Hall–Kier alpha value is -2.47. The molecule has 1 heterocycles. The van der Waals surface area contributed by atoms with Gasteiger partial charge in [-0.1, -0.05) is 30.3 Å². The maximum absolute atomic E-state index is 6.17. The zero-order valence-electron chi connectivity index (χ0n) is 11.9. The molecular weight excluding hydrogens is 342 g/mol. The van der Waals surface area contributed by atoms with Gasteiger partial charge in [-0.15, -0.1) is 10.2 Å². The van der Waals surface area contributed by atoms with Crippen molar-refractivity contribution >= 4 is 33.1 Å². The summed E-state index contributed by atoms with van der Waals surface area (Å²) in [6.45, 7) is 1.87. The third-order valence-corrected chi connectivity index (χ3v) is 3.85. The first-order chi connectivity index (χ1) is 10.7. The maximum Gasteiger partial charge on any atom is 0.155 e. The number of aryl methyl sites for hydroxylation is 1. The number of azo groups is 1. The van der Waals surface area contributed by atoms with E-state index in [2.05, 4.69) is 31.3 Å². The Morgan fingerprint density at radius 1 is 1.00 bits per heavy atom. The summed E-state index contributed by atoms with van der Waals surface area (Å²) in [4.78, 5) is 0. The SMILES string of the molecule is Cc1nn(-c2ccccc2)c(N)c1N=Nc1ccccc1Br. The number of anilines is 1. The number of para-hydroxylation sites is 1. The lowest BCUT2D eigenvalue weighted by Gasteiger charge is -2.02. The molecule has 1 aromatic heterocycles. The summed E-state index contributed by atoms with van der Waals surface area (Å²) in [5.74, 6) is 0.472.